The topological polar surface area (TPSA) is 132 Å². The van der Waals surface area contributed by atoms with Crippen molar-refractivity contribution < 1.29 is 23.9 Å². The summed E-state index contributed by atoms with van der Waals surface area (Å²) in [4.78, 5) is 57.8. The van der Waals surface area contributed by atoms with Gasteiger partial charge >= 0.3 is 5.97 Å². The second kappa shape index (κ2) is 11.7. The lowest BCUT2D eigenvalue weighted by molar-refractivity contribution is -0.121. The Balaban J connectivity index is 1.16. The van der Waals surface area contributed by atoms with E-state index in [1.165, 1.54) is 47.4 Å². The Morgan fingerprint density at radius 1 is 1.07 bits per heavy atom. The number of amides is 3. The van der Waals surface area contributed by atoms with Crippen LogP contribution in [-0.4, -0.2) is 40.5 Å². The van der Waals surface area contributed by atoms with Gasteiger partial charge in [-0.1, -0.05) is 36.4 Å². The van der Waals surface area contributed by atoms with Crippen molar-refractivity contribution in [2.24, 2.45) is 0 Å². The Morgan fingerprint density at radius 3 is 2.55 bits per heavy atom. The van der Waals surface area contributed by atoms with Gasteiger partial charge in [-0.3, -0.25) is 19.7 Å². The van der Waals surface area contributed by atoms with Crippen molar-refractivity contribution in [1.82, 2.24) is 4.98 Å². The Hall–Kier alpha value is -4.48. The molecule has 2 heterocycles. The largest absolute Gasteiger partial charge is 0.452 e. The van der Waals surface area contributed by atoms with Crippen molar-refractivity contribution in [2.75, 3.05) is 22.6 Å². The molecule has 40 heavy (non-hydrogen) atoms. The highest BCUT2D eigenvalue weighted by molar-refractivity contribution is 8.00. The number of benzene rings is 3. The highest BCUT2D eigenvalue weighted by atomic mass is 32.2. The molecular weight excluding hydrogens is 548 g/mol. The lowest BCUT2D eigenvalue weighted by atomic mass is 10.1. The minimum Gasteiger partial charge on any atom is -0.452 e. The van der Waals surface area contributed by atoms with E-state index < -0.39 is 23.7 Å². The number of rotatable bonds is 8. The molecule has 3 amide bonds. The molecule has 0 aliphatic carbocycles. The fourth-order valence-corrected chi connectivity index (χ4v) is 6.12. The molecule has 11 heteroatoms. The number of ether oxygens (including phenoxy) is 1. The standard InChI is InChI=1S/C29H24N4O5S2/c1-17-26(18-6-3-2-4-7-18)32-29(39-17)31-24(34)16-38-28(37)19-10-12-21(13-11-19)33-25(35)15-23(27(33)36)40-22-9-5-8-20(30)14-22/h2-14,23H,15-16,30H2,1H3,(H,31,32,34). The minimum atomic E-state index is -0.712. The van der Waals surface area contributed by atoms with E-state index >= 15 is 0 Å². The van der Waals surface area contributed by atoms with Gasteiger partial charge in [-0.15, -0.1) is 23.1 Å². The van der Waals surface area contributed by atoms with Gasteiger partial charge in [-0.25, -0.2) is 14.7 Å². The number of anilines is 3. The molecule has 4 aromatic rings. The summed E-state index contributed by atoms with van der Waals surface area (Å²) in [6, 6.07) is 22.7. The van der Waals surface area contributed by atoms with Crippen LogP contribution < -0.4 is 16.0 Å². The van der Waals surface area contributed by atoms with E-state index in [0.717, 1.165) is 25.9 Å². The summed E-state index contributed by atoms with van der Waals surface area (Å²) in [6.45, 7) is 1.42. The zero-order chi connectivity index (χ0) is 28.2. The summed E-state index contributed by atoms with van der Waals surface area (Å²) >= 11 is 2.62. The zero-order valence-corrected chi connectivity index (χ0v) is 23.0. The van der Waals surface area contributed by atoms with Crippen molar-refractivity contribution in [2.45, 2.75) is 23.5 Å². The number of carbonyl (C=O) groups excluding carboxylic acids is 4. The molecule has 0 saturated carbocycles. The number of nitrogens with two attached hydrogens (primary N) is 1. The van der Waals surface area contributed by atoms with E-state index in [1.54, 1.807) is 18.2 Å². The molecule has 9 nitrogen and oxygen atoms in total. The number of aromatic nitrogens is 1. The summed E-state index contributed by atoms with van der Waals surface area (Å²) in [5.74, 6) is -1.89. The Morgan fingerprint density at radius 2 is 1.82 bits per heavy atom. The van der Waals surface area contributed by atoms with Gasteiger partial charge in [-0.05, 0) is 49.4 Å². The number of hydrogen-bond acceptors (Lipinski definition) is 9. The monoisotopic (exact) mass is 572 g/mol. The number of nitrogens with one attached hydrogen (secondary N) is 1. The fraction of sp³-hybridized carbons (Fsp3) is 0.138. The Labute approximate surface area is 238 Å². The van der Waals surface area contributed by atoms with Gasteiger partial charge in [0.05, 0.1) is 22.2 Å². The molecule has 3 aromatic carbocycles. The third-order valence-corrected chi connectivity index (χ3v) is 8.09. The molecule has 1 fully saturated rings. The smallest absolute Gasteiger partial charge is 0.338 e. The molecule has 5 rings (SSSR count). The molecule has 3 N–H and O–H groups in total. The van der Waals surface area contributed by atoms with Crippen molar-refractivity contribution in [3.8, 4) is 11.3 Å². The normalized spacial score (nSPS) is 14.8. The van der Waals surface area contributed by atoms with Gasteiger partial charge in [-0.2, -0.15) is 0 Å². The predicted octanol–water partition coefficient (Wildman–Crippen LogP) is 4.92. The minimum absolute atomic E-state index is 0.0582. The van der Waals surface area contributed by atoms with Crippen LogP contribution in [0.4, 0.5) is 16.5 Å². The molecule has 0 spiro atoms. The van der Waals surface area contributed by atoms with Gasteiger partial charge in [0.2, 0.25) is 11.8 Å². The average Bonchev–Trinajstić information content (AvgIpc) is 3.45. The van der Waals surface area contributed by atoms with Crippen LogP contribution in [0.15, 0.2) is 83.8 Å². The maximum atomic E-state index is 13.0. The van der Waals surface area contributed by atoms with Crippen LogP contribution in [0.25, 0.3) is 11.3 Å². The molecule has 0 bridgehead atoms. The molecule has 1 atom stereocenters. The Kier molecular flexibility index (Phi) is 7.94. The number of nitrogens with zero attached hydrogens (tertiary/aromatic N) is 2. The van der Waals surface area contributed by atoms with Gasteiger partial charge < -0.3 is 10.5 Å². The van der Waals surface area contributed by atoms with Gasteiger partial charge in [0.1, 0.15) is 0 Å². The maximum Gasteiger partial charge on any atom is 0.338 e. The van der Waals surface area contributed by atoms with Gasteiger partial charge in [0.25, 0.3) is 5.91 Å². The number of nitrogen functional groups attached to an aromatic ring is 1. The lowest BCUT2D eigenvalue weighted by Crippen LogP contribution is -2.31. The molecular formula is C29H24N4O5S2. The number of esters is 1. The molecule has 1 aliphatic rings. The summed E-state index contributed by atoms with van der Waals surface area (Å²) in [5, 5.41) is 2.51. The van der Waals surface area contributed by atoms with E-state index in [0.29, 0.717) is 16.5 Å². The van der Waals surface area contributed by atoms with Crippen LogP contribution in [0.3, 0.4) is 0 Å². The first kappa shape index (κ1) is 27.1. The van der Waals surface area contributed by atoms with Crippen LogP contribution in [0.2, 0.25) is 0 Å². The van der Waals surface area contributed by atoms with E-state index in [-0.39, 0.29) is 23.8 Å². The van der Waals surface area contributed by atoms with Crippen molar-refractivity contribution in [1.29, 1.82) is 0 Å². The number of hydrogen-bond donors (Lipinski definition) is 2. The molecule has 1 aromatic heterocycles. The fourth-order valence-electron chi connectivity index (χ4n) is 4.15. The summed E-state index contributed by atoms with van der Waals surface area (Å²) in [7, 11) is 0. The molecule has 1 saturated heterocycles. The predicted molar refractivity (Wildman–Crippen MR) is 155 cm³/mol. The average molecular weight is 573 g/mol. The first-order chi connectivity index (χ1) is 19.3. The highest BCUT2D eigenvalue weighted by Crippen LogP contribution is 2.35. The van der Waals surface area contributed by atoms with Crippen molar-refractivity contribution in [3.63, 3.8) is 0 Å². The number of aryl methyl sites for hydroxylation is 1. The number of imide groups is 1. The third kappa shape index (κ3) is 6.05. The second-order valence-corrected chi connectivity index (χ2v) is 11.4. The van der Waals surface area contributed by atoms with Gasteiger partial charge in [0, 0.05) is 27.4 Å². The summed E-state index contributed by atoms with van der Waals surface area (Å²) < 4.78 is 5.15. The number of thioether (sulfide) groups is 1. The second-order valence-electron chi connectivity index (χ2n) is 8.91. The summed E-state index contributed by atoms with van der Waals surface area (Å²) in [5.41, 5.74) is 8.65. The van der Waals surface area contributed by atoms with Crippen LogP contribution in [0.1, 0.15) is 21.7 Å². The van der Waals surface area contributed by atoms with Crippen LogP contribution in [-0.2, 0) is 19.1 Å². The van der Waals surface area contributed by atoms with Crippen molar-refractivity contribution in [3.05, 3.63) is 89.3 Å². The van der Waals surface area contributed by atoms with E-state index in [9.17, 15) is 19.2 Å². The first-order valence-corrected chi connectivity index (χ1v) is 14.0. The molecule has 0 radical (unpaired) electrons. The molecule has 1 aliphatic heterocycles. The van der Waals surface area contributed by atoms with Gasteiger partial charge in [0.15, 0.2) is 11.7 Å². The first-order valence-electron chi connectivity index (χ1n) is 12.3. The lowest BCUT2D eigenvalue weighted by Gasteiger charge is -2.15. The van der Waals surface area contributed by atoms with E-state index in [1.807, 2.05) is 43.3 Å². The zero-order valence-electron chi connectivity index (χ0n) is 21.3. The Bertz CT molecular complexity index is 1590. The summed E-state index contributed by atoms with van der Waals surface area (Å²) in [6.07, 6.45) is 0.0582. The highest BCUT2D eigenvalue weighted by Gasteiger charge is 2.40. The van der Waals surface area contributed by atoms with E-state index in [2.05, 4.69) is 10.3 Å². The van der Waals surface area contributed by atoms with E-state index in [4.69, 9.17) is 10.5 Å². The van der Waals surface area contributed by atoms with Crippen molar-refractivity contribution >= 4 is 63.3 Å². The SMILES string of the molecule is Cc1sc(NC(=O)COC(=O)c2ccc(N3C(=O)CC(Sc4cccc(N)c4)C3=O)cc2)nc1-c1ccccc1. The quantitative estimate of drug-likeness (QED) is 0.173. The van der Waals surface area contributed by atoms with Crippen LogP contribution in [0, 0.1) is 6.92 Å². The number of carbonyl (C=O) groups is 4. The van der Waals surface area contributed by atoms with Crippen LogP contribution in [0.5, 0.6) is 0 Å². The molecule has 1 unspecified atom stereocenters. The maximum absolute atomic E-state index is 13.0. The van der Waals surface area contributed by atoms with Crippen LogP contribution >= 0.6 is 23.1 Å². The molecule has 202 valence electrons. The third-order valence-electron chi connectivity index (χ3n) is 6.03. The number of thiazole rings is 1.